The van der Waals surface area contributed by atoms with Crippen LogP contribution in [0.5, 0.6) is 5.88 Å². The Balaban J connectivity index is 1.66. The number of pyridine rings is 1. The van der Waals surface area contributed by atoms with Gasteiger partial charge in [-0.3, -0.25) is 9.69 Å². The fourth-order valence-corrected chi connectivity index (χ4v) is 4.44. The van der Waals surface area contributed by atoms with Gasteiger partial charge < -0.3 is 14.7 Å². The number of aliphatic hydroxyl groups is 1. The molecule has 2 heterocycles. The van der Waals surface area contributed by atoms with Crippen LogP contribution >= 0.6 is 0 Å². The van der Waals surface area contributed by atoms with Crippen LogP contribution in [0.3, 0.4) is 0 Å². The fraction of sp³-hybridized carbons (Fsp3) is 0.357. The van der Waals surface area contributed by atoms with E-state index in [4.69, 9.17) is 4.74 Å². The molecule has 1 N–H and O–H groups in total. The summed E-state index contributed by atoms with van der Waals surface area (Å²) in [4.78, 5) is 21.7. The Kier molecular flexibility index (Phi) is 7.96. The number of rotatable bonds is 7. The smallest absolute Gasteiger partial charge is 0.259 e. The Morgan fingerprint density at radius 3 is 2.58 bits per heavy atom. The molecule has 0 bridgehead atoms. The third-order valence-corrected chi connectivity index (χ3v) is 6.56. The molecular weight excluding hydrogens is 464 g/mol. The second-order valence-electron chi connectivity index (χ2n) is 9.50. The number of hydrogen-bond acceptors (Lipinski definition) is 5. The topological polar surface area (TPSA) is 65.9 Å². The number of hydrogen-bond donors (Lipinski definition) is 1. The predicted octanol–water partition coefficient (Wildman–Crippen LogP) is 4.38. The van der Waals surface area contributed by atoms with Gasteiger partial charge in [0.15, 0.2) is 0 Å². The van der Waals surface area contributed by atoms with E-state index in [9.17, 15) is 18.7 Å². The quantitative estimate of drug-likeness (QED) is 0.527. The van der Waals surface area contributed by atoms with Gasteiger partial charge in [0.25, 0.3) is 5.91 Å². The summed E-state index contributed by atoms with van der Waals surface area (Å²) < 4.78 is 34.0. The third-order valence-electron chi connectivity index (χ3n) is 6.56. The number of halogens is 2. The van der Waals surface area contributed by atoms with E-state index in [2.05, 4.69) is 9.88 Å². The summed E-state index contributed by atoms with van der Waals surface area (Å²) in [6.07, 6.45) is 1.19. The molecule has 0 fully saturated rings. The Morgan fingerprint density at radius 2 is 1.89 bits per heavy atom. The highest BCUT2D eigenvalue weighted by Crippen LogP contribution is 2.31. The maximum atomic E-state index is 14.5. The molecule has 0 unspecified atom stereocenters. The van der Waals surface area contributed by atoms with E-state index in [0.717, 1.165) is 5.56 Å². The van der Waals surface area contributed by atoms with Crippen molar-refractivity contribution in [1.29, 1.82) is 0 Å². The van der Waals surface area contributed by atoms with Crippen molar-refractivity contribution in [3.8, 4) is 17.0 Å². The molecule has 0 spiro atoms. The predicted molar refractivity (Wildman–Crippen MR) is 134 cm³/mol. The maximum Gasteiger partial charge on any atom is 0.259 e. The number of ether oxygens (including phenoxy) is 1. The molecule has 0 saturated heterocycles. The van der Waals surface area contributed by atoms with Gasteiger partial charge in [-0.1, -0.05) is 37.3 Å². The number of nitrogens with zero attached hydrogens (tertiary/aromatic N) is 3. The third kappa shape index (κ3) is 5.71. The van der Waals surface area contributed by atoms with Crippen LogP contribution in [0.15, 0.2) is 60.8 Å². The first kappa shape index (κ1) is 25.7. The van der Waals surface area contributed by atoms with Gasteiger partial charge in [-0.05, 0) is 43.8 Å². The first-order valence-electron chi connectivity index (χ1n) is 12.0. The van der Waals surface area contributed by atoms with Crippen LogP contribution in [0.25, 0.3) is 11.1 Å². The van der Waals surface area contributed by atoms with E-state index in [0.29, 0.717) is 30.8 Å². The van der Waals surface area contributed by atoms with E-state index in [1.807, 2.05) is 14.0 Å². The zero-order valence-corrected chi connectivity index (χ0v) is 20.7. The van der Waals surface area contributed by atoms with Gasteiger partial charge >= 0.3 is 0 Å². The number of carbonyl (C=O) groups excluding carboxylic acids is 1. The van der Waals surface area contributed by atoms with Crippen LogP contribution < -0.4 is 4.74 Å². The van der Waals surface area contributed by atoms with Gasteiger partial charge in [-0.25, -0.2) is 13.8 Å². The lowest BCUT2D eigenvalue weighted by Gasteiger charge is -2.37. The van der Waals surface area contributed by atoms with Crippen molar-refractivity contribution >= 4 is 5.91 Å². The summed E-state index contributed by atoms with van der Waals surface area (Å²) in [5.41, 5.74) is 2.01. The lowest BCUT2D eigenvalue weighted by Crippen LogP contribution is -2.49. The number of likely N-dealkylation sites (N-methyl/N-ethyl adjacent to an activating group) is 1. The van der Waals surface area contributed by atoms with E-state index >= 15 is 0 Å². The lowest BCUT2D eigenvalue weighted by atomic mass is 9.99. The molecule has 1 aliphatic rings. The van der Waals surface area contributed by atoms with Crippen LogP contribution in [0, 0.1) is 17.6 Å². The Bertz CT molecular complexity index is 1200. The van der Waals surface area contributed by atoms with Gasteiger partial charge in [-0.15, -0.1) is 0 Å². The van der Waals surface area contributed by atoms with Crippen LogP contribution in [-0.2, 0) is 6.54 Å². The minimum absolute atomic E-state index is 0.0696. The van der Waals surface area contributed by atoms with Crippen LogP contribution in [0.2, 0.25) is 0 Å². The van der Waals surface area contributed by atoms with Crippen molar-refractivity contribution in [2.45, 2.75) is 32.5 Å². The van der Waals surface area contributed by atoms with E-state index in [-0.39, 0.29) is 41.8 Å². The van der Waals surface area contributed by atoms with Gasteiger partial charge in [-0.2, -0.15) is 0 Å². The Hall–Kier alpha value is -3.36. The summed E-state index contributed by atoms with van der Waals surface area (Å²) in [6.45, 7) is 5.10. The summed E-state index contributed by atoms with van der Waals surface area (Å²) in [5, 5.41) is 9.84. The molecule has 8 heteroatoms. The first-order valence-corrected chi connectivity index (χ1v) is 12.0. The average Bonchev–Trinajstić information content (AvgIpc) is 2.87. The number of benzene rings is 2. The van der Waals surface area contributed by atoms with Gasteiger partial charge in [0, 0.05) is 42.9 Å². The second kappa shape index (κ2) is 11.1. The number of aliphatic hydroxyl groups excluding tert-OH is 1. The second-order valence-corrected chi connectivity index (χ2v) is 9.50. The first-order chi connectivity index (χ1) is 17.3. The lowest BCUT2D eigenvalue weighted by molar-refractivity contribution is 0.0325. The van der Waals surface area contributed by atoms with E-state index in [1.54, 1.807) is 48.2 Å². The highest BCUT2D eigenvalue weighted by molar-refractivity contribution is 5.98. The molecule has 0 saturated carbocycles. The maximum absolute atomic E-state index is 14.5. The summed E-state index contributed by atoms with van der Waals surface area (Å²) >= 11 is 0. The zero-order valence-electron chi connectivity index (χ0n) is 20.7. The van der Waals surface area contributed by atoms with Crippen LogP contribution in [-0.4, -0.2) is 64.7 Å². The Morgan fingerprint density at radius 1 is 1.17 bits per heavy atom. The SMILES string of the molecule is C[C@@H]1CN([C@H](C)CO)C(=O)c2cc(-c3ccccc3F)cnc2O[C@H]1CN(C)Cc1ccc(F)cc1. The largest absolute Gasteiger partial charge is 0.472 e. The number of carbonyl (C=O) groups is 1. The highest BCUT2D eigenvalue weighted by atomic mass is 19.1. The standard InChI is InChI=1S/C28H31F2N3O3/c1-18-14-33(19(2)17-34)28(35)24-12-21(23-6-4-5-7-25(23)30)13-31-27(24)36-26(18)16-32(3)15-20-8-10-22(29)11-9-20/h4-13,18-19,26,34H,14-17H2,1-3H3/t18-,19-,26+/m1/s1. The van der Waals surface area contributed by atoms with Gasteiger partial charge in [0.05, 0.1) is 12.6 Å². The molecular formula is C28H31F2N3O3. The van der Waals surface area contributed by atoms with Crippen LogP contribution in [0.1, 0.15) is 29.8 Å². The average molecular weight is 496 g/mol. The molecule has 4 rings (SSSR count). The van der Waals surface area contributed by atoms with E-state index < -0.39 is 11.9 Å². The molecule has 1 aliphatic heterocycles. The normalized spacial score (nSPS) is 18.9. The monoisotopic (exact) mass is 495 g/mol. The molecule has 3 atom stereocenters. The number of fused-ring (bicyclic) bond motifs is 1. The van der Waals surface area contributed by atoms with Crippen molar-refractivity contribution in [3.05, 3.63) is 83.6 Å². The van der Waals surface area contributed by atoms with Gasteiger partial charge in [0.2, 0.25) is 5.88 Å². The van der Waals surface area contributed by atoms with Crippen molar-refractivity contribution in [2.24, 2.45) is 5.92 Å². The summed E-state index contributed by atoms with van der Waals surface area (Å²) in [5.74, 6) is -0.893. The molecule has 3 aromatic rings. The minimum Gasteiger partial charge on any atom is -0.472 e. The highest BCUT2D eigenvalue weighted by Gasteiger charge is 2.34. The number of aromatic nitrogens is 1. The molecule has 6 nitrogen and oxygen atoms in total. The van der Waals surface area contributed by atoms with Crippen molar-refractivity contribution in [3.63, 3.8) is 0 Å². The fourth-order valence-electron chi connectivity index (χ4n) is 4.44. The van der Waals surface area contributed by atoms with Gasteiger partial charge in [0.1, 0.15) is 23.3 Å². The number of amides is 1. The molecule has 1 amide bonds. The molecule has 36 heavy (non-hydrogen) atoms. The minimum atomic E-state index is -0.416. The van der Waals surface area contributed by atoms with Crippen molar-refractivity contribution < 1.29 is 23.4 Å². The van der Waals surface area contributed by atoms with Crippen molar-refractivity contribution in [2.75, 3.05) is 26.7 Å². The zero-order chi connectivity index (χ0) is 25.8. The van der Waals surface area contributed by atoms with Crippen molar-refractivity contribution in [1.82, 2.24) is 14.8 Å². The molecule has 2 aromatic carbocycles. The summed E-state index contributed by atoms with van der Waals surface area (Å²) in [6, 6.07) is 13.9. The molecule has 0 radical (unpaired) electrons. The summed E-state index contributed by atoms with van der Waals surface area (Å²) in [7, 11) is 1.95. The van der Waals surface area contributed by atoms with Crippen LogP contribution in [0.4, 0.5) is 8.78 Å². The Labute approximate surface area is 210 Å². The van der Waals surface area contributed by atoms with E-state index in [1.165, 1.54) is 24.4 Å². The molecule has 190 valence electrons. The molecule has 1 aromatic heterocycles. The molecule has 0 aliphatic carbocycles.